The molecule has 0 spiro atoms. The molecule has 2 aromatic carbocycles. The lowest BCUT2D eigenvalue weighted by Gasteiger charge is -2.16. The van der Waals surface area contributed by atoms with Crippen LogP contribution in [0, 0.1) is 0 Å². The van der Waals surface area contributed by atoms with Gasteiger partial charge in [0.2, 0.25) is 5.75 Å². The molecule has 0 aliphatic rings. The van der Waals surface area contributed by atoms with Crippen LogP contribution in [0.25, 0.3) is 0 Å². The number of rotatable bonds is 5. The van der Waals surface area contributed by atoms with Crippen LogP contribution in [0.3, 0.4) is 0 Å². The fourth-order valence-corrected chi connectivity index (χ4v) is 2.60. The van der Waals surface area contributed by atoms with Gasteiger partial charge in [0, 0.05) is 5.69 Å². The van der Waals surface area contributed by atoms with Crippen LogP contribution >= 0.6 is 12.2 Å². The van der Waals surface area contributed by atoms with Crippen molar-refractivity contribution in [2.45, 2.75) is 6.18 Å². The van der Waals surface area contributed by atoms with Gasteiger partial charge in [-0.15, -0.1) is 0 Å². The van der Waals surface area contributed by atoms with Crippen LogP contribution in [-0.4, -0.2) is 32.3 Å². The molecule has 2 aromatic rings. The maximum Gasteiger partial charge on any atom is 0.416 e. The van der Waals surface area contributed by atoms with E-state index >= 15 is 0 Å². The third-order valence-corrected chi connectivity index (χ3v) is 3.83. The summed E-state index contributed by atoms with van der Waals surface area (Å²) in [5.41, 5.74) is -0.652. The Kier molecular flexibility index (Phi) is 6.68. The number of hydrogen-bond acceptors (Lipinski definition) is 5. The zero-order valence-electron chi connectivity index (χ0n) is 15.1. The third-order valence-electron chi connectivity index (χ3n) is 3.62. The number of benzene rings is 2. The highest BCUT2D eigenvalue weighted by Gasteiger charge is 2.30. The molecule has 0 aromatic heterocycles. The van der Waals surface area contributed by atoms with Crippen molar-refractivity contribution in [2.75, 3.05) is 26.6 Å². The first-order chi connectivity index (χ1) is 13.2. The molecule has 0 heterocycles. The second-order valence-corrected chi connectivity index (χ2v) is 5.78. The standard InChI is InChI=1S/C18H17F3N2O4S/c1-25-13-8-7-12(14(26-2)15(13)27-3)16(24)23-17(28)22-11-6-4-5-10(9-11)18(19,20)21/h4-9H,1-3H3,(H2,22,23,24,28). The summed E-state index contributed by atoms with van der Waals surface area (Å²) in [5, 5.41) is 4.76. The molecule has 2 N–H and O–H groups in total. The molecule has 0 saturated heterocycles. The minimum absolute atomic E-state index is 0.0828. The lowest BCUT2D eigenvalue weighted by atomic mass is 10.1. The summed E-state index contributed by atoms with van der Waals surface area (Å²) in [7, 11) is 4.18. The van der Waals surface area contributed by atoms with Crippen molar-refractivity contribution < 1.29 is 32.2 Å². The van der Waals surface area contributed by atoms with Gasteiger partial charge in [0.1, 0.15) is 0 Å². The third kappa shape index (κ3) is 4.83. The van der Waals surface area contributed by atoms with Gasteiger partial charge < -0.3 is 19.5 Å². The molecule has 10 heteroatoms. The second-order valence-electron chi connectivity index (χ2n) is 5.37. The Balaban J connectivity index is 2.18. The highest BCUT2D eigenvalue weighted by atomic mass is 32.1. The fraction of sp³-hybridized carbons (Fsp3) is 0.222. The number of carbonyl (C=O) groups excluding carboxylic acids is 1. The van der Waals surface area contributed by atoms with E-state index in [-0.39, 0.29) is 27.9 Å². The molecular formula is C18H17F3N2O4S. The molecule has 150 valence electrons. The summed E-state index contributed by atoms with van der Waals surface area (Å²) in [6.07, 6.45) is -4.49. The molecular weight excluding hydrogens is 397 g/mol. The van der Waals surface area contributed by atoms with Gasteiger partial charge in [-0.25, -0.2) is 0 Å². The normalized spacial score (nSPS) is 10.8. The number of anilines is 1. The van der Waals surface area contributed by atoms with Crippen LogP contribution < -0.4 is 24.8 Å². The first kappa shape index (κ1) is 21.3. The van der Waals surface area contributed by atoms with E-state index in [1.165, 1.54) is 45.6 Å². The number of carbonyl (C=O) groups is 1. The van der Waals surface area contributed by atoms with Crippen LogP contribution in [0.15, 0.2) is 36.4 Å². The van der Waals surface area contributed by atoms with Crippen molar-refractivity contribution in [3.05, 3.63) is 47.5 Å². The van der Waals surface area contributed by atoms with Crippen LogP contribution in [0.1, 0.15) is 15.9 Å². The van der Waals surface area contributed by atoms with E-state index in [1.807, 2.05) is 0 Å². The number of amides is 1. The molecule has 0 aliphatic carbocycles. The van der Waals surface area contributed by atoms with E-state index in [4.69, 9.17) is 26.4 Å². The van der Waals surface area contributed by atoms with Crippen molar-refractivity contribution in [1.82, 2.24) is 5.32 Å². The molecule has 28 heavy (non-hydrogen) atoms. The lowest BCUT2D eigenvalue weighted by Crippen LogP contribution is -2.34. The topological polar surface area (TPSA) is 68.8 Å². The van der Waals surface area contributed by atoms with Crippen LogP contribution in [-0.2, 0) is 6.18 Å². The predicted octanol–water partition coefficient (Wildman–Crippen LogP) is 3.86. The Bertz CT molecular complexity index is 888. The smallest absolute Gasteiger partial charge is 0.416 e. The maximum absolute atomic E-state index is 12.8. The van der Waals surface area contributed by atoms with Crippen molar-refractivity contribution in [3.8, 4) is 17.2 Å². The van der Waals surface area contributed by atoms with E-state index in [9.17, 15) is 18.0 Å². The van der Waals surface area contributed by atoms with E-state index < -0.39 is 17.6 Å². The molecule has 0 atom stereocenters. The fourth-order valence-electron chi connectivity index (χ4n) is 2.39. The van der Waals surface area contributed by atoms with Crippen molar-refractivity contribution in [1.29, 1.82) is 0 Å². The molecule has 0 bridgehead atoms. The van der Waals surface area contributed by atoms with Gasteiger partial charge in [-0.2, -0.15) is 13.2 Å². The zero-order valence-corrected chi connectivity index (χ0v) is 16.0. The van der Waals surface area contributed by atoms with Gasteiger partial charge >= 0.3 is 6.18 Å². The second kappa shape index (κ2) is 8.79. The first-order valence-corrected chi connectivity index (χ1v) is 8.20. The van der Waals surface area contributed by atoms with Gasteiger partial charge in [0.15, 0.2) is 16.6 Å². The number of alkyl halides is 3. The Morgan fingerprint density at radius 1 is 1.00 bits per heavy atom. The van der Waals surface area contributed by atoms with Gasteiger partial charge in [0.05, 0.1) is 32.5 Å². The molecule has 0 radical (unpaired) electrons. The van der Waals surface area contributed by atoms with Gasteiger partial charge in [-0.1, -0.05) is 6.07 Å². The minimum Gasteiger partial charge on any atom is -0.493 e. The Hall–Kier alpha value is -3.01. The highest BCUT2D eigenvalue weighted by Crippen LogP contribution is 2.39. The largest absolute Gasteiger partial charge is 0.493 e. The first-order valence-electron chi connectivity index (χ1n) is 7.79. The van der Waals surface area contributed by atoms with Gasteiger partial charge in [0.25, 0.3) is 5.91 Å². The maximum atomic E-state index is 12.8. The molecule has 0 saturated carbocycles. The average molecular weight is 414 g/mol. The van der Waals surface area contributed by atoms with Gasteiger partial charge in [-0.3, -0.25) is 10.1 Å². The Morgan fingerprint density at radius 2 is 1.68 bits per heavy atom. The monoisotopic (exact) mass is 414 g/mol. The summed E-state index contributed by atoms with van der Waals surface area (Å²) < 4.78 is 53.9. The predicted molar refractivity (Wildman–Crippen MR) is 101 cm³/mol. The summed E-state index contributed by atoms with van der Waals surface area (Å²) in [6, 6.07) is 7.40. The molecule has 0 unspecified atom stereocenters. The number of ether oxygens (including phenoxy) is 3. The lowest BCUT2D eigenvalue weighted by molar-refractivity contribution is -0.137. The van der Waals surface area contributed by atoms with E-state index in [0.717, 1.165) is 12.1 Å². The summed E-state index contributed by atoms with van der Waals surface area (Å²) in [6.45, 7) is 0. The number of methoxy groups -OCH3 is 3. The van der Waals surface area contributed by atoms with Crippen molar-refractivity contribution in [3.63, 3.8) is 0 Å². The van der Waals surface area contributed by atoms with Crippen molar-refractivity contribution >= 4 is 28.9 Å². The summed E-state index contributed by atoms with van der Waals surface area (Å²) in [5.74, 6) is 0.0680. The molecule has 2 rings (SSSR count). The minimum atomic E-state index is -4.49. The van der Waals surface area contributed by atoms with Crippen LogP contribution in [0.2, 0.25) is 0 Å². The molecule has 6 nitrogen and oxygen atoms in total. The summed E-state index contributed by atoms with van der Waals surface area (Å²) >= 11 is 5.02. The quantitative estimate of drug-likeness (QED) is 0.725. The van der Waals surface area contributed by atoms with Crippen molar-refractivity contribution in [2.24, 2.45) is 0 Å². The molecule has 0 fully saturated rings. The number of nitrogens with one attached hydrogen (secondary N) is 2. The number of halogens is 3. The number of hydrogen-bond donors (Lipinski definition) is 2. The van der Waals surface area contributed by atoms with E-state index in [2.05, 4.69) is 10.6 Å². The number of thiocarbonyl (C=S) groups is 1. The van der Waals surface area contributed by atoms with Crippen LogP contribution in [0.4, 0.5) is 18.9 Å². The zero-order chi connectivity index (χ0) is 20.9. The van der Waals surface area contributed by atoms with Gasteiger partial charge in [-0.05, 0) is 42.5 Å². The Morgan fingerprint density at radius 3 is 2.25 bits per heavy atom. The van der Waals surface area contributed by atoms with E-state index in [0.29, 0.717) is 5.75 Å². The SMILES string of the molecule is COc1ccc(C(=O)NC(=S)Nc2cccc(C(F)(F)F)c2)c(OC)c1OC. The van der Waals surface area contributed by atoms with E-state index in [1.54, 1.807) is 0 Å². The van der Waals surface area contributed by atoms with Crippen LogP contribution in [0.5, 0.6) is 17.2 Å². The highest BCUT2D eigenvalue weighted by molar-refractivity contribution is 7.80. The average Bonchev–Trinajstić information content (AvgIpc) is 2.65. The molecule has 0 aliphatic heterocycles. The molecule has 1 amide bonds. The Labute approximate surface area is 164 Å². The summed E-state index contributed by atoms with van der Waals surface area (Å²) in [4.78, 5) is 12.5.